The molecule has 2 aliphatic heterocycles. The van der Waals surface area contributed by atoms with Gasteiger partial charge in [-0.25, -0.2) is 4.79 Å². The van der Waals surface area contributed by atoms with Crippen molar-refractivity contribution < 1.29 is 19.1 Å². The van der Waals surface area contributed by atoms with Gasteiger partial charge in [0.1, 0.15) is 6.61 Å². The Morgan fingerprint density at radius 3 is 2.74 bits per heavy atom. The average Bonchev–Trinajstić information content (AvgIpc) is 3.20. The minimum Gasteiger partial charge on any atom is -0.448 e. The molecule has 124 valence electrons. The van der Waals surface area contributed by atoms with E-state index in [0.29, 0.717) is 26.1 Å². The Hall–Kier alpha value is -2.08. The van der Waals surface area contributed by atoms with Crippen molar-refractivity contribution >= 4 is 17.7 Å². The lowest BCUT2D eigenvalue weighted by molar-refractivity contribution is -0.116. The summed E-state index contributed by atoms with van der Waals surface area (Å²) < 4.78 is 10.4. The van der Waals surface area contributed by atoms with E-state index in [1.807, 2.05) is 24.3 Å². The van der Waals surface area contributed by atoms with Gasteiger partial charge in [-0.3, -0.25) is 4.79 Å². The monoisotopic (exact) mass is 318 g/mol. The van der Waals surface area contributed by atoms with Gasteiger partial charge in [0.05, 0.1) is 12.6 Å². The summed E-state index contributed by atoms with van der Waals surface area (Å²) in [5.74, 6) is 0.0105. The van der Waals surface area contributed by atoms with Crippen molar-refractivity contribution in [3.8, 4) is 0 Å². The number of carbonyl (C=O) groups is 2. The maximum absolute atomic E-state index is 11.9. The summed E-state index contributed by atoms with van der Waals surface area (Å²) in [6, 6.07) is 7.56. The summed E-state index contributed by atoms with van der Waals surface area (Å²) in [5.41, 5.74) is 1.79. The number of benzene rings is 1. The van der Waals surface area contributed by atoms with E-state index in [2.05, 4.69) is 5.32 Å². The Morgan fingerprint density at radius 2 is 2.09 bits per heavy atom. The van der Waals surface area contributed by atoms with E-state index in [-0.39, 0.29) is 18.1 Å². The van der Waals surface area contributed by atoms with Gasteiger partial charge in [-0.15, -0.1) is 0 Å². The minimum absolute atomic E-state index is 0.0105. The van der Waals surface area contributed by atoms with E-state index in [1.54, 1.807) is 4.90 Å². The van der Waals surface area contributed by atoms with Gasteiger partial charge < -0.3 is 19.7 Å². The standard InChI is InChI=1S/C17H22N2O4/c20-16(8-7-15-2-1-10-22-15)18-14-5-3-13(4-6-14)12-19-9-11-23-17(19)21/h3-6,15H,1-2,7-12H2,(H,18,20). The van der Waals surface area contributed by atoms with Gasteiger partial charge in [0.25, 0.3) is 0 Å². The van der Waals surface area contributed by atoms with Gasteiger partial charge in [0.2, 0.25) is 5.91 Å². The fourth-order valence-corrected chi connectivity index (χ4v) is 2.87. The topological polar surface area (TPSA) is 67.9 Å². The lowest BCUT2D eigenvalue weighted by Crippen LogP contribution is -2.23. The zero-order chi connectivity index (χ0) is 16.1. The van der Waals surface area contributed by atoms with Crippen LogP contribution in [-0.4, -0.2) is 42.8 Å². The molecule has 23 heavy (non-hydrogen) atoms. The Labute approximate surface area is 135 Å². The van der Waals surface area contributed by atoms with E-state index >= 15 is 0 Å². The van der Waals surface area contributed by atoms with Crippen LogP contribution >= 0.6 is 0 Å². The molecule has 1 unspecified atom stereocenters. The van der Waals surface area contributed by atoms with Crippen molar-refractivity contribution in [3.63, 3.8) is 0 Å². The fraction of sp³-hybridized carbons (Fsp3) is 0.529. The van der Waals surface area contributed by atoms with Gasteiger partial charge in [-0.05, 0) is 37.0 Å². The molecule has 6 nitrogen and oxygen atoms in total. The largest absolute Gasteiger partial charge is 0.448 e. The van der Waals surface area contributed by atoms with E-state index in [9.17, 15) is 9.59 Å². The molecular weight excluding hydrogens is 296 g/mol. The Morgan fingerprint density at radius 1 is 1.26 bits per heavy atom. The summed E-state index contributed by atoms with van der Waals surface area (Å²) >= 11 is 0. The van der Waals surface area contributed by atoms with Crippen LogP contribution in [0, 0.1) is 0 Å². The Balaban J connectivity index is 1.44. The molecule has 2 aliphatic rings. The molecule has 2 saturated heterocycles. The molecule has 2 fully saturated rings. The second-order valence-electron chi connectivity index (χ2n) is 5.95. The summed E-state index contributed by atoms with van der Waals surface area (Å²) in [5, 5.41) is 2.90. The third-order valence-corrected chi connectivity index (χ3v) is 4.17. The lowest BCUT2D eigenvalue weighted by atomic mass is 10.1. The van der Waals surface area contributed by atoms with Crippen LogP contribution in [0.4, 0.5) is 10.5 Å². The number of nitrogens with zero attached hydrogens (tertiary/aromatic N) is 1. The number of anilines is 1. The van der Waals surface area contributed by atoms with Crippen LogP contribution in [0.15, 0.2) is 24.3 Å². The third-order valence-electron chi connectivity index (χ3n) is 4.17. The molecule has 0 spiro atoms. The van der Waals surface area contributed by atoms with Crippen molar-refractivity contribution in [2.45, 2.75) is 38.3 Å². The maximum Gasteiger partial charge on any atom is 0.410 e. The molecule has 1 atom stereocenters. The van der Waals surface area contributed by atoms with E-state index in [0.717, 1.165) is 37.1 Å². The molecule has 0 aliphatic carbocycles. The van der Waals surface area contributed by atoms with E-state index in [1.165, 1.54) is 0 Å². The highest BCUT2D eigenvalue weighted by atomic mass is 16.6. The van der Waals surface area contributed by atoms with E-state index < -0.39 is 0 Å². The Kier molecular flexibility index (Phi) is 5.12. The molecule has 2 amide bonds. The molecule has 2 heterocycles. The summed E-state index contributed by atoms with van der Waals surface area (Å²) in [6.45, 7) is 2.43. The molecule has 1 N–H and O–H groups in total. The molecule has 0 aromatic heterocycles. The Bertz CT molecular complexity index is 552. The normalized spacial score (nSPS) is 20.6. The fourth-order valence-electron chi connectivity index (χ4n) is 2.87. The summed E-state index contributed by atoms with van der Waals surface area (Å²) in [4.78, 5) is 25.0. The second kappa shape index (κ2) is 7.46. The zero-order valence-electron chi connectivity index (χ0n) is 13.1. The highest BCUT2D eigenvalue weighted by Gasteiger charge is 2.21. The van der Waals surface area contributed by atoms with Crippen molar-refractivity contribution in [3.05, 3.63) is 29.8 Å². The van der Waals surface area contributed by atoms with Crippen molar-refractivity contribution in [2.75, 3.05) is 25.1 Å². The van der Waals surface area contributed by atoms with Crippen LogP contribution in [0.5, 0.6) is 0 Å². The molecule has 0 saturated carbocycles. The first-order valence-electron chi connectivity index (χ1n) is 8.13. The van der Waals surface area contributed by atoms with Crippen LogP contribution in [-0.2, 0) is 20.8 Å². The molecule has 1 aromatic rings. The van der Waals surface area contributed by atoms with Crippen LogP contribution in [0.2, 0.25) is 0 Å². The number of amides is 2. The molecule has 0 radical (unpaired) electrons. The van der Waals surface area contributed by atoms with Crippen molar-refractivity contribution in [1.29, 1.82) is 0 Å². The van der Waals surface area contributed by atoms with Crippen LogP contribution in [0.1, 0.15) is 31.2 Å². The predicted octanol–water partition coefficient (Wildman–Crippen LogP) is 2.54. The summed E-state index contributed by atoms with van der Waals surface area (Å²) in [6.07, 6.45) is 3.38. The van der Waals surface area contributed by atoms with Gasteiger partial charge >= 0.3 is 6.09 Å². The third kappa shape index (κ3) is 4.45. The SMILES string of the molecule is O=C(CCC1CCCO1)Nc1ccc(CN2CCOC2=O)cc1. The smallest absolute Gasteiger partial charge is 0.410 e. The molecule has 0 bridgehead atoms. The van der Waals surface area contributed by atoms with Gasteiger partial charge in [0.15, 0.2) is 0 Å². The lowest BCUT2D eigenvalue weighted by Gasteiger charge is -2.13. The van der Waals surface area contributed by atoms with Crippen molar-refractivity contribution in [2.24, 2.45) is 0 Å². The number of cyclic esters (lactones) is 1. The number of rotatable bonds is 6. The maximum atomic E-state index is 11.9. The highest BCUT2D eigenvalue weighted by Crippen LogP contribution is 2.18. The van der Waals surface area contributed by atoms with Gasteiger partial charge in [-0.2, -0.15) is 0 Å². The zero-order valence-corrected chi connectivity index (χ0v) is 13.1. The predicted molar refractivity (Wildman–Crippen MR) is 85.0 cm³/mol. The number of carbonyl (C=O) groups excluding carboxylic acids is 2. The number of hydrogen-bond donors (Lipinski definition) is 1. The number of ether oxygens (including phenoxy) is 2. The first-order valence-corrected chi connectivity index (χ1v) is 8.13. The average molecular weight is 318 g/mol. The van der Waals surface area contributed by atoms with Crippen LogP contribution in [0.25, 0.3) is 0 Å². The van der Waals surface area contributed by atoms with Crippen LogP contribution < -0.4 is 5.32 Å². The van der Waals surface area contributed by atoms with Gasteiger partial charge in [0, 0.05) is 25.3 Å². The molecule has 6 heteroatoms. The van der Waals surface area contributed by atoms with Gasteiger partial charge in [-0.1, -0.05) is 12.1 Å². The number of nitrogens with one attached hydrogen (secondary N) is 1. The highest BCUT2D eigenvalue weighted by molar-refractivity contribution is 5.90. The summed E-state index contributed by atoms with van der Waals surface area (Å²) in [7, 11) is 0. The molecular formula is C17H22N2O4. The van der Waals surface area contributed by atoms with Crippen LogP contribution in [0.3, 0.4) is 0 Å². The minimum atomic E-state index is -0.267. The first kappa shape index (κ1) is 15.8. The molecule has 1 aromatic carbocycles. The first-order chi connectivity index (χ1) is 11.2. The molecule has 3 rings (SSSR count). The second-order valence-corrected chi connectivity index (χ2v) is 5.95. The van der Waals surface area contributed by atoms with Crippen molar-refractivity contribution in [1.82, 2.24) is 4.90 Å². The quantitative estimate of drug-likeness (QED) is 0.875. The van der Waals surface area contributed by atoms with E-state index in [4.69, 9.17) is 9.47 Å². The number of hydrogen-bond acceptors (Lipinski definition) is 4.